The lowest BCUT2D eigenvalue weighted by Crippen LogP contribution is -2.34. The van der Waals surface area contributed by atoms with Crippen molar-refractivity contribution in [1.82, 2.24) is 15.1 Å². The van der Waals surface area contributed by atoms with Crippen molar-refractivity contribution in [1.29, 1.82) is 0 Å². The molecule has 0 bridgehead atoms. The van der Waals surface area contributed by atoms with Gasteiger partial charge in [-0.1, -0.05) is 12.1 Å². The second kappa shape index (κ2) is 7.25. The Kier molecular flexibility index (Phi) is 5.06. The monoisotopic (exact) mass is 344 g/mol. The lowest BCUT2D eigenvalue weighted by molar-refractivity contribution is -0.117. The number of hydrogen-bond donors (Lipinski definition) is 3. The summed E-state index contributed by atoms with van der Waals surface area (Å²) in [7, 11) is 1.63. The summed E-state index contributed by atoms with van der Waals surface area (Å²) in [5, 5.41) is 20.0. The van der Waals surface area contributed by atoms with Gasteiger partial charge in [0, 0.05) is 12.6 Å². The van der Waals surface area contributed by atoms with Crippen molar-refractivity contribution in [2.45, 2.75) is 32.4 Å². The standard InChI is InChI=1S/C18H24N4O3/c1-11-18(12(2)21-20-11)19-17(24)10-22-9-14(23)8-16(22)13-5-4-6-15(7-13)25-3/h4-7,14,16,23H,8-10H2,1-3H3,(H,19,24)(H,20,21)/t14-,16-/m1/s1. The number of anilines is 1. The Morgan fingerprint density at radius 3 is 2.96 bits per heavy atom. The summed E-state index contributed by atoms with van der Waals surface area (Å²) in [6, 6.07) is 7.76. The van der Waals surface area contributed by atoms with Crippen molar-refractivity contribution in [3.63, 3.8) is 0 Å². The molecule has 1 aromatic carbocycles. The van der Waals surface area contributed by atoms with Gasteiger partial charge in [0.05, 0.1) is 36.8 Å². The molecule has 7 nitrogen and oxygen atoms in total. The van der Waals surface area contributed by atoms with Gasteiger partial charge >= 0.3 is 0 Å². The number of aromatic amines is 1. The highest BCUT2D eigenvalue weighted by molar-refractivity contribution is 5.93. The van der Waals surface area contributed by atoms with Crippen LogP contribution in [0.2, 0.25) is 0 Å². The Balaban J connectivity index is 1.72. The second-order valence-corrected chi connectivity index (χ2v) is 6.47. The number of amides is 1. The number of H-pyrrole nitrogens is 1. The number of nitrogens with one attached hydrogen (secondary N) is 2. The number of aliphatic hydroxyl groups is 1. The molecule has 0 radical (unpaired) electrons. The highest BCUT2D eigenvalue weighted by atomic mass is 16.5. The molecule has 2 atom stereocenters. The maximum Gasteiger partial charge on any atom is 0.238 e. The number of rotatable bonds is 5. The number of methoxy groups -OCH3 is 1. The van der Waals surface area contributed by atoms with E-state index in [1.165, 1.54) is 0 Å². The zero-order chi connectivity index (χ0) is 18.0. The molecule has 0 saturated carbocycles. The quantitative estimate of drug-likeness (QED) is 0.769. The summed E-state index contributed by atoms with van der Waals surface area (Å²) in [4.78, 5) is 14.5. The normalized spacial score (nSPS) is 20.6. The minimum Gasteiger partial charge on any atom is -0.497 e. The number of carbonyl (C=O) groups is 1. The van der Waals surface area contributed by atoms with Crippen LogP contribution in [0, 0.1) is 13.8 Å². The van der Waals surface area contributed by atoms with E-state index < -0.39 is 6.10 Å². The van der Waals surface area contributed by atoms with Gasteiger partial charge in [0.15, 0.2) is 0 Å². The highest BCUT2D eigenvalue weighted by Gasteiger charge is 2.33. The van der Waals surface area contributed by atoms with Crippen molar-refractivity contribution >= 4 is 11.6 Å². The van der Waals surface area contributed by atoms with Gasteiger partial charge < -0.3 is 15.2 Å². The Morgan fingerprint density at radius 2 is 2.28 bits per heavy atom. The third-order valence-electron chi connectivity index (χ3n) is 4.60. The average Bonchev–Trinajstić information content (AvgIpc) is 3.11. The summed E-state index contributed by atoms with van der Waals surface area (Å²) >= 11 is 0. The van der Waals surface area contributed by atoms with Crippen LogP contribution in [-0.4, -0.2) is 52.4 Å². The molecule has 2 aromatic rings. The Hall–Kier alpha value is -2.38. The van der Waals surface area contributed by atoms with Crippen molar-refractivity contribution in [3.05, 3.63) is 41.2 Å². The number of aliphatic hydroxyl groups excluding tert-OH is 1. The molecule has 3 N–H and O–H groups in total. The predicted molar refractivity (Wildman–Crippen MR) is 94.6 cm³/mol. The molecule has 0 aliphatic carbocycles. The fourth-order valence-electron chi connectivity index (χ4n) is 3.35. The van der Waals surface area contributed by atoms with Crippen LogP contribution < -0.4 is 10.1 Å². The van der Waals surface area contributed by atoms with Crippen LogP contribution in [0.25, 0.3) is 0 Å². The molecule has 1 aliphatic heterocycles. The van der Waals surface area contributed by atoms with Crippen molar-refractivity contribution in [2.75, 3.05) is 25.5 Å². The Labute approximate surface area is 147 Å². The largest absolute Gasteiger partial charge is 0.497 e. The van der Waals surface area contributed by atoms with Gasteiger partial charge in [-0.3, -0.25) is 14.8 Å². The van der Waals surface area contributed by atoms with E-state index in [9.17, 15) is 9.90 Å². The molecule has 1 saturated heterocycles. The molecule has 7 heteroatoms. The minimum absolute atomic E-state index is 0.0117. The molecule has 1 aliphatic rings. The van der Waals surface area contributed by atoms with Gasteiger partial charge in [-0.25, -0.2) is 0 Å². The van der Waals surface area contributed by atoms with Gasteiger partial charge in [-0.05, 0) is 38.0 Å². The number of aryl methyl sites for hydroxylation is 2. The number of nitrogens with zero attached hydrogens (tertiary/aromatic N) is 2. The fraction of sp³-hybridized carbons (Fsp3) is 0.444. The van der Waals surface area contributed by atoms with E-state index >= 15 is 0 Å². The second-order valence-electron chi connectivity index (χ2n) is 6.47. The smallest absolute Gasteiger partial charge is 0.238 e. The van der Waals surface area contributed by atoms with Gasteiger partial charge in [0.2, 0.25) is 5.91 Å². The summed E-state index contributed by atoms with van der Waals surface area (Å²) < 4.78 is 5.28. The van der Waals surface area contributed by atoms with Crippen molar-refractivity contribution in [2.24, 2.45) is 0 Å². The maximum absolute atomic E-state index is 12.5. The van der Waals surface area contributed by atoms with E-state index in [1.54, 1.807) is 7.11 Å². The minimum atomic E-state index is -0.443. The van der Waals surface area contributed by atoms with Crippen LogP contribution in [0.1, 0.15) is 29.4 Å². The van der Waals surface area contributed by atoms with Crippen LogP contribution in [0.15, 0.2) is 24.3 Å². The number of benzene rings is 1. The van der Waals surface area contributed by atoms with E-state index in [0.717, 1.165) is 28.4 Å². The molecule has 25 heavy (non-hydrogen) atoms. The number of hydrogen-bond acceptors (Lipinski definition) is 5. The first-order chi connectivity index (χ1) is 12.0. The average molecular weight is 344 g/mol. The molecule has 1 aromatic heterocycles. The summed E-state index contributed by atoms with van der Waals surface area (Å²) in [5.74, 6) is 0.655. The zero-order valence-electron chi connectivity index (χ0n) is 14.7. The number of β-amino-alcohol motifs (C(OH)–C–C–N with tert-alkyl or cyclic N) is 1. The van der Waals surface area contributed by atoms with E-state index in [2.05, 4.69) is 15.5 Å². The predicted octanol–water partition coefficient (Wildman–Crippen LogP) is 1.78. The molecule has 1 amide bonds. The first kappa shape index (κ1) is 17.4. The SMILES string of the molecule is COc1cccc([C@H]2C[C@@H](O)CN2CC(=O)Nc2c(C)n[nH]c2C)c1. The van der Waals surface area contributed by atoms with Gasteiger partial charge in [0.25, 0.3) is 0 Å². The topological polar surface area (TPSA) is 90.5 Å². The molecule has 3 rings (SSSR count). The van der Waals surface area contributed by atoms with Crippen LogP contribution in [0.3, 0.4) is 0 Å². The summed E-state index contributed by atoms with van der Waals surface area (Å²) in [6.45, 7) is 4.40. The third kappa shape index (κ3) is 3.83. The lowest BCUT2D eigenvalue weighted by Gasteiger charge is -2.24. The molecular weight excluding hydrogens is 320 g/mol. The molecule has 0 unspecified atom stereocenters. The first-order valence-corrected chi connectivity index (χ1v) is 8.35. The molecule has 2 heterocycles. The fourth-order valence-corrected chi connectivity index (χ4v) is 3.35. The number of ether oxygens (including phenoxy) is 1. The van der Waals surface area contributed by atoms with E-state index in [-0.39, 0.29) is 18.5 Å². The van der Waals surface area contributed by atoms with Gasteiger partial charge in [-0.2, -0.15) is 5.10 Å². The first-order valence-electron chi connectivity index (χ1n) is 8.35. The third-order valence-corrected chi connectivity index (χ3v) is 4.60. The highest BCUT2D eigenvalue weighted by Crippen LogP contribution is 2.33. The van der Waals surface area contributed by atoms with E-state index in [4.69, 9.17) is 4.74 Å². The maximum atomic E-state index is 12.5. The van der Waals surface area contributed by atoms with Crippen LogP contribution in [0.4, 0.5) is 5.69 Å². The Morgan fingerprint density at radius 1 is 1.48 bits per heavy atom. The van der Waals surface area contributed by atoms with E-state index in [0.29, 0.717) is 13.0 Å². The molecule has 0 spiro atoms. The van der Waals surface area contributed by atoms with Gasteiger partial charge in [0.1, 0.15) is 5.75 Å². The Bertz CT molecular complexity index is 739. The molecule has 1 fully saturated rings. The van der Waals surface area contributed by atoms with Crippen LogP contribution in [0.5, 0.6) is 5.75 Å². The zero-order valence-corrected chi connectivity index (χ0v) is 14.7. The van der Waals surface area contributed by atoms with Crippen molar-refractivity contribution < 1.29 is 14.6 Å². The number of carbonyl (C=O) groups excluding carboxylic acids is 1. The lowest BCUT2D eigenvalue weighted by atomic mass is 10.0. The number of aromatic nitrogens is 2. The number of likely N-dealkylation sites (tertiary alicyclic amines) is 1. The summed E-state index contributed by atoms with van der Waals surface area (Å²) in [6.07, 6.45) is 0.158. The van der Waals surface area contributed by atoms with Gasteiger partial charge in [-0.15, -0.1) is 0 Å². The molecular formula is C18H24N4O3. The summed E-state index contributed by atoms with van der Waals surface area (Å²) in [5.41, 5.74) is 3.36. The van der Waals surface area contributed by atoms with Crippen LogP contribution in [-0.2, 0) is 4.79 Å². The van der Waals surface area contributed by atoms with E-state index in [1.807, 2.05) is 43.0 Å². The van der Waals surface area contributed by atoms with Crippen LogP contribution >= 0.6 is 0 Å². The molecule has 134 valence electrons. The van der Waals surface area contributed by atoms with Crippen molar-refractivity contribution in [3.8, 4) is 5.75 Å².